The number of hydrogen-bond acceptors (Lipinski definition) is 6. The topological polar surface area (TPSA) is 130 Å². The summed E-state index contributed by atoms with van der Waals surface area (Å²) in [4.78, 5) is 32.0. The fourth-order valence-electron chi connectivity index (χ4n) is 1.45. The van der Waals surface area contributed by atoms with Gasteiger partial charge in [0.15, 0.2) is 0 Å². The Morgan fingerprint density at radius 3 is 2.74 bits per heavy atom. The standard InChI is InChI=1S/C10H14N4O5/c1-2-19-8(15)4-3-5-13-6-7(14(17)18)9(12-13)10(11)16/h6H,2-5H2,1H3,(H2,11,16). The summed E-state index contributed by atoms with van der Waals surface area (Å²) in [6.07, 6.45) is 1.69. The molecule has 2 N–H and O–H groups in total. The molecule has 1 aromatic heterocycles. The Bertz CT molecular complexity index is 465. The zero-order valence-corrected chi connectivity index (χ0v) is 10.4. The molecule has 1 aromatic rings. The zero-order chi connectivity index (χ0) is 14.4. The van der Waals surface area contributed by atoms with Crippen molar-refractivity contribution >= 4 is 17.6 Å². The minimum atomic E-state index is -0.962. The smallest absolute Gasteiger partial charge is 0.320 e. The summed E-state index contributed by atoms with van der Waals surface area (Å²) < 4.78 is 5.95. The Labute approximate surface area is 108 Å². The highest BCUT2D eigenvalue weighted by Gasteiger charge is 2.23. The summed E-state index contributed by atoms with van der Waals surface area (Å²) in [7, 11) is 0. The first kappa shape index (κ1) is 14.6. The number of rotatable bonds is 7. The molecule has 0 saturated carbocycles. The van der Waals surface area contributed by atoms with Gasteiger partial charge >= 0.3 is 11.7 Å². The lowest BCUT2D eigenvalue weighted by atomic mass is 10.3. The Morgan fingerprint density at radius 1 is 1.58 bits per heavy atom. The number of amides is 1. The van der Waals surface area contributed by atoms with Gasteiger partial charge in [-0.25, -0.2) is 0 Å². The Kier molecular flexibility index (Phi) is 4.98. The molecule has 9 nitrogen and oxygen atoms in total. The number of hydrogen-bond donors (Lipinski definition) is 1. The number of nitrogens with zero attached hydrogens (tertiary/aromatic N) is 3. The monoisotopic (exact) mass is 270 g/mol. The van der Waals surface area contributed by atoms with Gasteiger partial charge in [-0.2, -0.15) is 5.10 Å². The third kappa shape index (κ3) is 4.05. The molecular formula is C10H14N4O5. The fraction of sp³-hybridized carbons (Fsp3) is 0.500. The van der Waals surface area contributed by atoms with Crippen molar-refractivity contribution in [2.75, 3.05) is 6.61 Å². The van der Waals surface area contributed by atoms with Crippen molar-refractivity contribution in [2.24, 2.45) is 5.73 Å². The van der Waals surface area contributed by atoms with E-state index in [1.54, 1.807) is 6.92 Å². The Morgan fingerprint density at radius 2 is 2.26 bits per heavy atom. The maximum absolute atomic E-state index is 11.1. The van der Waals surface area contributed by atoms with Crippen molar-refractivity contribution < 1.29 is 19.2 Å². The third-order valence-corrected chi connectivity index (χ3v) is 2.25. The van der Waals surface area contributed by atoms with Gasteiger partial charge in [0, 0.05) is 13.0 Å². The van der Waals surface area contributed by atoms with Crippen LogP contribution in [0.4, 0.5) is 5.69 Å². The Balaban J connectivity index is 2.65. The summed E-state index contributed by atoms with van der Waals surface area (Å²) in [5, 5.41) is 14.4. The molecule has 0 radical (unpaired) electrons. The summed E-state index contributed by atoms with van der Waals surface area (Å²) in [5.74, 6) is -1.31. The molecule has 19 heavy (non-hydrogen) atoms. The van der Waals surface area contributed by atoms with Crippen LogP contribution in [0.5, 0.6) is 0 Å². The average Bonchev–Trinajstić information content (AvgIpc) is 2.74. The van der Waals surface area contributed by atoms with Crippen LogP contribution >= 0.6 is 0 Å². The molecule has 0 fully saturated rings. The number of nitrogens with two attached hydrogens (primary N) is 1. The predicted molar refractivity (Wildman–Crippen MR) is 63.3 cm³/mol. The first-order valence-electron chi connectivity index (χ1n) is 5.63. The number of esters is 1. The first-order chi connectivity index (χ1) is 8.95. The molecule has 9 heteroatoms. The second kappa shape index (κ2) is 6.47. The van der Waals surface area contributed by atoms with Crippen LogP contribution in [0.15, 0.2) is 6.20 Å². The summed E-state index contributed by atoms with van der Waals surface area (Å²) in [6.45, 7) is 2.26. The largest absolute Gasteiger partial charge is 0.466 e. The van der Waals surface area contributed by atoms with Gasteiger partial charge in [0.05, 0.1) is 11.5 Å². The highest BCUT2D eigenvalue weighted by atomic mass is 16.6. The summed E-state index contributed by atoms with van der Waals surface area (Å²) in [6, 6.07) is 0. The van der Waals surface area contributed by atoms with E-state index in [4.69, 9.17) is 10.5 Å². The van der Waals surface area contributed by atoms with E-state index in [-0.39, 0.29) is 24.6 Å². The van der Waals surface area contributed by atoms with Gasteiger partial charge in [-0.05, 0) is 13.3 Å². The Hall–Kier alpha value is -2.45. The van der Waals surface area contributed by atoms with Crippen molar-refractivity contribution in [2.45, 2.75) is 26.3 Å². The minimum Gasteiger partial charge on any atom is -0.466 e. The molecule has 104 valence electrons. The number of primary amides is 1. The molecule has 0 saturated heterocycles. The third-order valence-electron chi connectivity index (χ3n) is 2.25. The van der Waals surface area contributed by atoms with E-state index in [2.05, 4.69) is 5.10 Å². The molecule has 0 aliphatic heterocycles. The molecular weight excluding hydrogens is 256 g/mol. The number of ether oxygens (including phenoxy) is 1. The lowest BCUT2D eigenvalue weighted by molar-refractivity contribution is -0.385. The number of aryl methyl sites for hydroxylation is 1. The second-order valence-electron chi connectivity index (χ2n) is 3.66. The zero-order valence-electron chi connectivity index (χ0n) is 10.4. The van der Waals surface area contributed by atoms with Gasteiger partial charge in [0.25, 0.3) is 5.91 Å². The molecule has 0 spiro atoms. The van der Waals surface area contributed by atoms with Gasteiger partial charge < -0.3 is 10.5 Å². The van der Waals surface area contributed by atoms with Gasteiger partial charge in [-0.1, -0.05) is 0 Å². The average molecular weight is 270 g/mol. The van der Waals surface area contributed by atoms with Crippen molar-refractivity contribution in [1.29, 1.82) is 0 Å². The van der Waals surface area contributed by atoms with Crippen molar-refractivity contribution in [3.63, 3.8) is 0 Å². The first-order valence-corrected chi connectivity index (χ1v) is 5.63. The van der Waals surface area contributed by atoms with Crippen LogP contribution in [0.1, 0.15) is 30.3 Å². The van der Waals surface area contributed by atoms with Crippen LogP contribution in [0.25, 0.3) is 0 Å². The van der Waals surface area contributed by atoms with Crippen LogP contribution < -0.4 is 5.73 Å². The van der Waals surface area contributed by atoms with Crippen LogP contribution in [0, 0.1) is 10.1 Å². The van der Waals surface area contributed by atoms with E-state index in [0.29, 0.717) is 13.0 Å². The molecule has 1 amide bonds. The van der Waals surface area contributed by atoms with E-state index < -0.39 is 16.5 Å². The van der Waals surface area contributed by atoms with E-state index in [0.717, 1.165) is 6.20 Å². The molecule has 0 aliphatic rings. The molecule has 0 bridgehead atoms. The fourth-order valence-corrected chi connectivity index (χ4v) is 1.45. The number of carbonyl (C=O) groups is 2. The number of carbonyl (C=O) groups excluding carboxylic acids is 2. The molecule has 0 unspecified atom stereocenters. The quantitative estimate of drug-likeness (QED) is 0.428. The van der Waals surface area contributed by atoms with Gasteiger partial charge in [-0.3, -0.25) is 24.4 Å². The van der Waals surface area contributed by atoms with Crippen LogP contribution in [0.3, 0.4) is 0 Å². The SMILES string of the molecule is CCOC(=O)CCCn1cc([N+](=O)[O-])c(C(N)=O)n1. The predicted octanol–water partition coefficient (Wildman–Crippen LogP) is 0.234. The van der Waals surface area contributed by atoms with Gasteiger partial charge in [0.2, 0.25) is 5.69 Å². The maximum atomic E-state index is 11.1. The van der Waals surface area contributed by atoms with Crippen LogP contribution in [-0.2, 0) is 16.1 Å². The molecule has 0 atom stereocenters. The van der Waals surface area contributed by atoms with E-state index in [1.807, 2.05) is 0 Å². The van der Waals surface area contributed by atoms with Crippen LogP contribution in [-0.4, -0.2) is 33.2 Å². The van der Waals surface area contributed by atoms with Gasteiger partial charge in [0.1, 0.15) is 6.20 Å². The molecule has 0 aliphatic carbocycles. The summed E-state index contributed by atoms with van der Waals surface area (Å²) in [5.41, 5.74) is 4.16. The van der Waals surface area contributed by atoms with Gasteiger partial charge in [-0.15, -0.1) is 0 Å². The molecule has 1 heterocycles. The van der Waals surface area contributed by atoms with E-state index in [1.165, 1.54) is 4.68 Å². The lowest BCUT2D eigenvalue weighted by Gasteiger charge is -2.01. The van der Waals surface area contributed by atoms with Crippen molar-refractivity contribution in [3.05, 3.63) is 22.0 Å². The van der Waals surface area contributed by atoms with E-state index >= 15 is 0 Å². The number of nitro groups is 1. The van der Waals surface area contributed by atoms with Crippen LogP contribution in [0.2, 0.25) is 0 Å². The second-order valence-corrected chi connectivity index (χ2v) is 3.66. The highest BCUT2D eigenvalue weighted by Crippen LogP contribution is 2.16. The normalized spacial score (nSPS) is 10.2. The summed E-state index contributed by atoms with van der Waals surface area (Å²) >= 11 is 0. The minimum absolute atomic E-state index is 0.174. The maximum Gasteiger partial charge on any atom is 0.320 e. The molecule has 0 aromatic carbocycles. The lowest BCUT2D eigenvalue weighted by Crippen LogP contribution is -2.14. The van der Waals surface area contributed by atoms with E-state index in [9.17, 15) is 19.7 Å². The van der Waals surface area contributed by atoms with Crippen molar-refractivity contribution in [1.82, 2.24) is 9.78 Å². The number of aromatic nitrogens is 2. The molecule has 1 rings (SSSR count). The van der Waals surface area contributed by atoms with Crippen molar-refractivity contribution in [3.8, 4) is 0 Å². The highest BCUT2D eigenvalue weighted by molar-refractivity contribution is 5.94.